The molecule has 2 aromatic rings. The first-order chi connectivity index (χ1) is 11.7. The van der Waals surface area contributed by atoms with Crippen LogP contribution in [0.4, 0.5) is 0 Å². The zero-order chi connectivity index (χ0) is 16.8. The molecule has 126 valence electrons. The number of benzene rings is 2. The Morgan fingerprint density at radius 3 is 2.42 bits per heavy atom. The number of carbonyl (C=O) groups excluding carboxylic acids is 1. The zero-order valence-corrected chi connectivity index (χ0v) is 13.7. The molecule has 1 aliphatic rings. The van der Waals surface area contributed by atoms with E-state index in [1.165, 1.54) is 0 Å². The minimum absolute atomic E-state index is 0.00288. The third-order valence-electron chi connectivity index (χ3n) is 4.39. The van der Waals surface area contributed by atoms with Gasteiger partial charge in [-0.3, -0.25) is 4.79 Å². The Hall–Kier alpha value is -2.33. The van der Waals surface area contributed by atoms with Gasteiger partial charge >= 0.3 is 0 Å². The van der Waals surface area contributed by atoms with Crippen LogP contribution in [0.25, 0.3) is 11.1 Å². The highest BCUT2D eigenvalue weighted by Crippen LogP contribution is 2.29. The Kier molecular flexibility index (Phi) is 5.49. The standard InChI is InChI=1S/C20H23NO3/c22-17-12-10-16(11-13-17)21-20(23)14-24-19-9-5-4-8-18(19)15-6-2-1-3-7-15/h1-9,16-17,22H,10-14H2,(H,21,23). The Morgan fingerprint density at radius 2 is 1.67 bits per heavy atom. The van der Waals surface area contributed by atoms with Crippen LogP contribution in [-0.2, 0) is 4.79 Å². The summed E-state index contributed by atoms with van der Waals surface area (Å²) in [4.78, 5) is 12.1. The second-order valence-electron chi connectivity index (χ2n) is 6.22. The van der Waals surface area contributed by atoms with Gasteiger partial charge in [0.2, 0.25) is 0 Å². The third kappa shape index (κ3) is 4.36. The molecule has 0 bridgehead atoms. The van der Waals surface area contributed by atoms with E-state index in [0.29, 0.717) is 5.75 Å². The fraction of sp³-hybridized carbons (Fsp3) is 0.350. The Balaban J connectivity index is 1.58. The summed E-state index contributed by atoms with van der Waals surface area (Å²) in [7, 11) is 0. The van der Waals surface area contributed by atoms with Crippen molar-refractivity contribution >= 4 is 5.91 Å². The van der Waals surface area contributed by atoms with Crippen LogP contribution < -0.4 is 10.1 Å². The molecular formula is C20H23NO3. The number of carbonyl (C=O) groups is 1. The molecule has 0 heterocycles. The summed E-state index contributed by atoms with van der Waals surface area (Å²) >= 11 is 0. The molecule has 1 saturated carbocycles. The summed E-state index contributed by atoms with van der Waals surface area (Å²) in [5, 5.41) is 12.5. The van der Waals surface area contributed by atoms with Crippen LogP contribution in [0.3, 0.4) is 0 Å². The van der Waals surface area contributed by atoms with Crippen LogP contribution in [-0.4, -0.2) is 29.8 Å². The first kappa shape index (κ1) is 16.5. The van der Waals surface area contributed by atoms with E-state index >= 15 is 0 Å². The quantitative estimate of drug-likeness (QED) is 0.888. The number of hydrogen-bond acceptors (Lipinski definition) is 3. The summed E-state index contributed by atoms with van der Waals surface area (Å²) < 4.78 is 5.75. The van der Waals surface area contributed by atoms with Crippen LogP contribution >= 0.6 is 0 Å². The zero-order valence-electron chi connectivity index (χ0n) is 13.7. The lowest BCUT2D eigenvalue weighted by Crippen LogP contribution is -2.40. The average molecular weight is 325 g/mol. The van der Waals surface area contributed by atoms with Crippen molar-refractivity contribution in [3.63, 3.8) is 0 Å². The largest absolute Gasteiger partial charge is 0.483 e. The van der Waals surface area contributed by atoms with E-state index in [1.807, 2.05) is 54.6 Å². The molecule has 0 unspecified atom stereocenters. The SMILES string of the molecule is O=C(COc1ccccc1-c1ccccc1)NC1CCC(O)CC1. The van der Waals surface area contributed by atoms with Crippen molar-refractivity contribution in [2.75, 3.05) is 6.61 Å². The van der Waals surface area contributed by atoms with E-state index in [-0.39, 0.29) is 24.7 Å². The summed E-state index contributed by atoms with van der Waals surface area (Å²) in [6, 6.07) is 17.9. The average Bonchev–Trinajstić information content (AvgIpc) is 2.63. The second kappa shape index (κ2) is 7.97. The van der Waals surface area contributed by atoms with Gasteiger partial charge in [0.25, 0.3) is 5.91 Å². The maximum atomic E-state index is 12.1. The van der Waals surface area contributed by atoms with Crippen molar-refractivity contribution in [3.8, 4) is 16.9 Å². The number of aliphatic hydroxyl groups excluding tert-OH is 1. The number of para-hydroxylation sites is 1. The van der Waals surface area contributed by atoms with Crippen molar-refractivity contribution in [1.29, 1.82) is 0 Å². The highest BCUT2D eigenvalue weighted by molar-refractivity contribution is 5.78. The molecule has 1 amide bonds. The summed E-state index contributed by atoms with van der Waals surface area (Å²) in [5.74, 6) is 0.595. The van der Waals surface area contributed by atoms with Gasteiger partial charge in [0.05, 0.1) is 6.10 Å². The van der Waals surface area contributed by atoms with Gasteiger partial charge in [0.1, 0.15) is 5.75 Å². The fourth-order valence-electron chi connectivity index (χ4n) is 3.08. The number of rotatable bonds is 5. The summed E-state index contributed by atoms with van der Waals surface area (Å²) in [6.45, 7) is 0.00288. The normalized spacial score (nSPS) is 20.4. The van der Waals surface area contributed by atoms with E-state index in [1.54, 1.807) is 0 Å². The molecule has 0 atom stereocenters. The molecule has 4 nitrogen and oxygen atoms in total. The first-order valence-corrected chi connectivity index (χ1v) is 8.47. The molecule has 0 aromatic heterocycles. The van der Waals surface area contributed by atoms with Crippen LogP contribution in [0.5, 0.6) is 5.75 Å². The Morgan fingerprint density at radius 1 is 1.00 bits per heavy atom. The molecule has 0 saturated heterocycles. The van der Waals surface area contributed by atoms with E-state index in [2.05, 4.69) is 5.32 Å². The van der Waals surface area contributed by atoms with Gasteiger partial charge in [-0.05, 0) is 37.3 Å². The molecule has 0 radical (unpaired) electrons. The predicted octanol–water partition coefficient (Wildman–Crippen LogP) is 3.15. The number of ether oxygens (including phenoxy) is 1. The van der Waals surface area contributed by atoms with Gasteiger partial charge in [0, 0.05) is 11.6 Å². The first-order valence-electron chi connectivity index (χ1n) is 8.47. The van der Waals surface area contributed by atoms with E-state index in [4.69, 9.17) is 4.74 Å². The van der Waals surface area contributed by atoms with Gasteiger partial charge in [0.15, 0.2) is 6.61 Å². The van der Waals surface area contributed by atoms with Crippen molar-refractivity contribution in [2.24, 2.45) is 0 Å². The van der Waals surface area contributed by atoms with Crippen molar-refractivity contribution < 1.29 is 14.6 Å². The maximum absolute atomic E-state index is 12.1. The van der Waals surface area contributed by atoms with E-state index < -0.39 is 0 Å². The molecule has 1 fully saturated rings. The van der Waals surface area contributed by atoms with Gasteiger partial charge < -0.3 is 15.2 Å². The lowest BCUT2D eigenvalue weighted by atomic mass is 9.93. The lowest BCUT2D eigenvalue weighted by molar-refractivity contribution is -0.124. The van der Waals surface area contributed by atoms with E-state index in [0.717, 1.165) is 36.8 Å². The minimum atomic E-state index is -0.216. The smallest absolute Gasteiger partial charge is 0.258 e. The molecule has 0 spiro atoms. The highest BCUT2D eigenvalue weighted by atomic mass is 16.5. The molecular weight excluding hydrogens is 302 g/mol. The monoisotopic (exact) mass is 325 g/mol. The van der Waals surface area contributed by atoms with Crippen LogP contribution in [0.2, 0.25) is 0 Å². The molecule has 24 heavy (non-hydrogen) atoms. The highest BCUT2D eigenvalue weighted by Gasteiger charge is 2.21. The second-order valence-corrected chi connectivity index (χ2v) is 6.22. The Bertz CT molecular complexity index is 664. The van der Waals surface area contributed by atoms with Crippen LogP contribution in [0.15, 0.2) is 54.6 Å². The molecule has 1 aliphatic carbocycles. The minimum Gasteiger partial charge on any atom is -0.483 e. The van der Waals surface area contributed by atoms with Crippen LogP contribution in [0, 0.1) is 0 Å². The van der Waals surface area contributed by atoms with Gasteiger partial charge in [-0.15, -0.1) is 0 Å². The maximum Gasteiger partial charge on any atom is 0.258 e. The van der Waals surface area contributed by atoms with Crippen LogP contribution in [0.1, 0.15) is 25.7 Å². The number of amides is 1. The van der Waals surface area contributed by atoms with Crippen molar-refractivity contribution in [3.05, 3.63) is 54.6 Å². The number of aliphatic hydroxyl groups is 1. The number of hydrogen-bond donors (Lipinski definition) is 2. The summed E-state index contributed by atoms with van der Waals surface area (Å²) in [5.41, 5.74) is 2.04. The van der Waals surface area contributed by atoms with Gasteiger partial charge in [-0.2, -0.15) is 0 Å². The topological polar surface area (TPSA) is 58.6 Å². The molecule has 2 N–H and O–H groups in total. The number of nitrogens with one attached hydrogen (secondary N) is 1. The molecule has 2 aromatic carbocycles. The fourth-order valence-corrected chi connectivity index (χ4v) is 3.08. The Labute approximate surface area is 142 Å². The van der Waals surface area contributed by atoms with Crippen molar-refractivity contribution in [1.82, 2.24) is 5.32 Å². The van der Waals surface area contributed by atoms with Crippen molar-refractivity contribution in [2.45, 2.75) is 37.8 Å². The van der Waals surface area contributed by atoms with E-state index in [9.17, 15) is 9.90 Å². The van der Waals surface area contributed by atoms with Gasteiger partial charge in [-0.25, -0.2) is 0 Å². The predicted molar refractivity (Wildman–Crippen MR) is 93.8 cm³/mol. The molecule has 4 heteroatoms. The lowest BCUT2D eigenvalue weighted by Gasteiger charge is -2.26. The summed E-state index contributed by atoms with van der Waals surface area (Å²) in [6.07, 6.45) is 2.94. The molecule has 3 rings (SSSR count). The van der Waals surface area contributed by atoms with Gasteiger partial charge in [-0.1, -0.05) is 48.5 Å². The molecule has 0 aliphatic heterocycles. The third-order valence-corrected chi connectivity index (χ3v) is 4.39.